The molecule has 0 aliphatic carbocycles. The second-order valence-electron chi connectivity index (χ2n) is 6.60. The molecule has 154 valence electrons. The highest BCUT2D eigenvalue weighted by atomic mass is 32.2. The lowest BCUT2D eigenvalue weighted by Crippen LogP contribution is -2.01. The molecule has 1 aromatic heterocycles. The molecule has 0 radical (unpaired) electrons. The number of hydrogen-bond acceptors (Lipinski definition) is 6. The van der Waals surface area contributed by atoms with E-state index in [9.17, 15) is 5.26 Å². The van der Waals surface area contributed by atoms with Gasteiger partial charge in [-0.25, -0.2) is 0 Å². The summed E-state index contributed by atoms with van der Waals surface area (Å²) in [6.07, 6.45) is 0. The van der Waals surface area contributed by atoms with Crippen LogP contribution in [0.5, 0.6) is 11.5 Å². The third kappa shape index (κ3) is 4.25. The van der Waals surface area contributed by atoms with Crippen LogP contribution in [0.25, 0.3) is 17.1 Å². The van der Waals surface area contributed by atoms with Gasteiger partial charge in [-0.15, -0.1) is 10.2 Å². The van der Waals surface area contributed by atoms with E-state index in [0.29, 0.717) is 22.8 Å². The molecule has 4 rings (SSSR count). The number of rotatable bonds is 7. The van der Waals surface area contributed by atoms with Crippen molar-refractivity contribution in [3.63, 3.8) is 0 Å². The zero-order valence-electron chi connectivity index (χ0n) is 17.1. The van der Waals surface area contributed by atoms with Gasteiger partial charge in [0, 0.05) is 17.4 Å². The highest BCUT2D eigenvalue weighted by molar-refractivity contribution is 7.98. The maximum atomic E-state index is 9.39. The Hall–Kier alpha value is -3.76. The molecule has 4 aromatic rings. The molecule has 0 saturated carbocycles. The van der Waals surface area contributed by atoms with Crippen LogP contribution >= 0.6 is 11.8 Å². The summed E-state index contributed by atoms with van der Waals surface area (Å²) in [7, 11) is 3.22. The van der Waals surface area contributed by atoms with Crippen molar-refractivity contribution in [1.29, 1.82) is 5.26 Å². The van der Waals surface area contributed by atoms with Gasteiger partial charge in [-0.3, -0.25) is 4.57 Å². The standard InChI is InChI=1S/C24H20N4O2S/c1-29-21-13-12-20(14-22(21)30-2)28-23(17-8-4-3-5-9-17)26-27-24(28)31-16-19-11-7-6-10-18(19)15-25/h3-14H,16H2,1-2H3. The largest absolute Gasteiger partial charge is 0.493 e. The predicted molar refractivity (Wildman–Crippen MR) is 121 cm³/mol. The van der Waals surface area contributed by atoms with Crippen molar-refractivity contribution in [2.45, 2.75) is 10.9 Å². The molecule has 0 fully saturated rings. The molecule has 7 heteroatoms. The highest BCUT2D eigenvalue weighted by Crippen LogP contribution is 2.34. The summed E-state index contributed by atoms with van der Waals surface area (Å²) in [6, 6.07) is 25.5. The molecule has 0 saturated heterocycles. The van der Waals surface area contributed by atoms with Crippen LogP contribution in [0.15, 0.2) is 78.0 Å². The van der Waals surface area contributed by atoms with Gasteiger partial charge in [-0.2, -0.15) is 5.26 Å². The van der Waals surface area contributed by atoms with Gasteiger partial charge in [-0.1, -0.05) is 60.3 Å². The third-order valence-electron chi connectivity index (χ3n) is 4.79. The Balaban J connectivity index is 1.78. The van der Waals surface area contributed by atoms with Gasteiger partial charge >= 0.3 is 0 Å². The van der Waals surface area contributed by atoms with E-state index in [-0.39, 0.29) is 0 Å². The normalized spacial score (nSPS) is 10.5. The molecular formula is C24H20N4O2S. The van der Waals surface area contributed by atoms with Gasteiger partial charge in [-0.05, 0) is 23.8 Å². The van der Waals surface area contributed by atoms with E-state index in [4.69, 9.17) is 9.47 Å². The zero-order chi connectivity index (χ0) is 21.6. The van der Waals surface area contributed by atoms with Crippen molar-refractivity contribution in [2.24, 2.45) is 0 Å². The molecular weight excluding hydrogens is 408 g/mol. The first-order valence-electron chi connectivity index (χ1n) is 9.59. The van der Waals surface area contributed by atoms with Crippen LogP contribution in [0.2, 0.25) is 0 Å². The quantitative estimate of drug-likeness (QED) is 0.381. The molecule has 0 amide bonds. The van der Waals surface area contributed by atoms with E-state index in [1.165, 1.54) is 11.8 Å². The molecule has 0 bridgehead atoms. The summed E-state index contributed by atoms with van der Waals surface area (Å²) in [4.78, 5) is 0. The Morgan fingerprint density at radius 1 is 0.903 bits per heavy atom. The fraction of sp³-hybridized carbons (Fsp3) is 0.125. The third-order valence-corrected chi connectivity index (χ3v) is 5.76. The number of nitrogens with zero attached hydrogens (tertiary/aromatic N) is 4. The van der Waals surface area contributed by atoms with E-state index in [2.05, 4.69) is 16.3 Å². The Morgan fingerprint density at radius 3 is 2.39 bits per heavy atom. The monoisotopic (exact) mass is 428 g/mol. The summed E-state index contributed by atoms with van der Waals surface area (Å²) in [5, 5.41) is 19.0. The molecule has 31 heavy (non-hydrogen) atoms. The predicted octanol–water partition coefficient (Wildman–Crippen LogP) is 5.12. The first-order chi connectivity index (χ1) is 15.2. The van der Waals surface area contributed by atoms with Crippen LogP contribution in [0.4, 0.5) is 0 Å². The Morgan fingerprint density at radius 2 is 1.65 bits per heavy atom. The minimum Gasteiger partial charge on any atom is -0.493 e. The second kappa shape index (κ2) is 9.37. The lowest BCUT2D eigenvalue weighted by molar-refractivity contribution is 0.355. The van der Waals surface area contributed by atoms with E-state index >= 15 is 0 Å². The maximum Gasteiger partial charge on any atom is 0.196 e. The number of methoxy groups -OCH3 is 2. The summed E-state index contributed by atoms with van der Waals surface area (Å²) in [6.45, 7) is 0. The fourth-order valence-electron chi connectivity index (χ4n) is 3.23. The van der Waals surface area contributed by atoms with E-state index in [1.54, 1.807) is 14.2 Å². The van der Waals surface area contributed by atoms with Crippen LogP contribution in [0.1, 0.15) is 11.1 Å². The molecule has 3 aromatic carbocycles. The molecule has 6 nitrogen and oxygen atoms in total. The molecule has 0 spiro atoms. The van der Waals surface area contributed by atoms with Crippen molar-refractivity contribution < 1.29 is 9.47 Å². The fourth-order valence-corrected chi connectivity index (χ4v) is 4.19. The van der Waals surface area contributed by atoms with Gasteiger partial charge in [0.15, 0.2) is 22.5 Å². The number of ether oxygens (including phenoxy) is 2. The van der Waals surface area contributed by atoms with Crippen molar-refractivity contribution >= 4 is 11.8 Å². The van der Waals surface area contributed by atoms with Crippen molar-refractivity contribution in [1.82, 2.24) is 14.8 Å². The second-order valence-corrected chi connectivity index (χ2v) is 7.55. The number of benzene rings is 3. The van der Waals surface area contributed by atoms with Crippen LogP contribution < -0.4 is 9.47 Å². The smallest absolute Gasteiger partial charge is 0.196 e. The number of thioether (sulfide) groups is 1. The molecule has 1 heterocycles. The van der Waals surface area contributed by atoms with Gasteiger partial charge in [0.1, 0.15) is 0 Å². The van der Waals surface area contributed by atoms with Crippen LogP contribution in [-0.4, -0.2) is 29.0 Å². The summed E-state index contributed by atoms with van der Waals surface area (Å²) in [5.74, 6) is 2.60. The van der Waals surface area contributed by atoms with Crippen molar-refractivity contribution in [3.05, 3.63) is 83.9 Å². The van der Waals surface area contributed by atoms with Crippen molar-refractivity contribution in [2.75, 3.05) is 14.2 Å². The highest BCUT2D eigenvalue weighted by Gasteiger charge is 2.18. The van der Waals surface area contributed by atoms with Crippen LogP contribution in [0, 0.1) is 11.3 Å². The lowest BCUT2D eigenvalue weighted by atomic mass is 10.1. The average Bonchev–Trinajstić information content (AvgIpc) is 3.27. The maximum absolute atomic E-state index is 9.39. The minimum atomic E-state index is 0.601. The number of nitriles is 1. The minimum absolute atomic E-state index is 0.601. The molecule has 0 unspecified atom stereocenters. The molecule has 0 aliphatic heterocycles. The van der Waals surface area contributed by atoms with Crippen LogP contribution in [0.3, 0.4) is 0 Å². The summed E-state index contributed by atoms with van der Waals surface area (Å²) in [5.41, 5.74) is 3.43. The van der Waals surface area contributed by atoms with Gasteiger partial charge in [0.2, 0.25) is 0 Å². The van der Waals surface area contributed by atoms with Gasteiger partial charge < -0.3 is 9.47 Å². The van der Waals surface area contributed by atoms with E-state index in [0.717, 1.165) is 27.8 Å². The van der Waals surface area contributed by atoms with Gasteiger partial charge in [0.25, 0.3) is 0 Å². The number of hydrogen-bond donors (Lipinski definition) is 0. The Bertz CT molecular complexity index is 1230. The average molecular weight is 429 g/mol. The summed E-state index contributed by atoms with van der Waals surface area (Å²) >= 11 is 1.53. The van der Waals surface area contributed by atoms with Crippen molar-refractivity contribution in [3.8, 4) is 34.6 Å². The van der Waals surface area contributed by atoms with Gasteiger partial charge in [0.05, 0.1) is 31.5 Å². The lowest BCUT2D eigenvalue weighted by Gasteiger charge is -2.14. The summed E-state index contributed by atoms with van der Waals surface area (Å²) < 4.78 is 12.9. The first kappa shape index (κ1) is 20.5. The molecule has 0 aliphatic rings. The van der Waals surface area contributed by atoms with E-state index < -0.39 is 0 Å². The molecule has 0 atom stereocenters. The van der Waals surface area contributed by atoms with E-state index in [1.807, 2.05) is 77.4 Å². The molecule has 0 N–H and O–H groups in total. The number of aromatic nitrogens is 3. The topological polar surface area (TPSA) is 73.0 Å². The SMILES string of the molecule is COc1ccc(-n2c(SCc3ccccc3C#N)nnc2-c2ccccc2)cc1OC. The zero-order valence-corrected chi connectivity index (χ0v) is 18.0. The Labute approximate surface area is 185 Å². The van der Waals surface area contributed by atoms with Crippen LogP contribution in [-0.2, 0) is 5.75 Å². The Kier molecular flexibility index (Phi) is 6.20. The first-order valence-corrected chi connectivity index (χ1v) is 10.6.